The molecule has 0 saturated heterocycles. The number of esters is 1. The monoisotopic (exact) mass is 156 g/mol. The van der Waals surface area contributed by atoms with Crippen LogP contribution in [0.5, 0.6) is 0 Å². The van der Waals surface area contributed by atoms with Crippen LogP contribution in [0.4, 0.5) is 4.39 Å². The first-order valence-electron chi connectivity index (χ1n) is 2.79. The number of rotatable bonds is 1. The third-order valence-electron chi connectivity index (χ3n) is 1.07. The number of carbonyl (C=O) groups excluding carboxylic acids is 1. The molecule has 0 amide bonds. The molecule has 11 heavy (non-hydrogen) atoms. The molecule has 1 aromatic heterocycles. The summed E-state index contributed by atoms with van der Waals surface area (Å²) in [5, 5.41) is 0. The van der Waals surface area contributed by atoms with Gasteiger partial charge >= 0.3 is 5.97 Å². The van der Waals surface area contributed by atoms with E-state index >= 15 is 0 Å². The summed E-state index contributed by atoms with van der Waals surface area (Å²) in [6, 6.07) is 0. The first-order chi connectivity index (χ1) is 5.25. The maximum absolute atomic E-state index is 12.6. The van der Waals surface area contributed by atoms with Crippen LogP contribution in [-0.2, 0) is 4.74 Å². The Morgan fingerprint density at radius 1 is 1.73 bits per heavy atom. The third kappa shape index (κ3) is 1.49. The van der Waals surface area contributed by atoms with Crippen molar-refractivity contribution in [2.45, 2.75) is 0 Å². The van der Waals surface area contributed by atoms with Gasteiger partial charge in [-0.2, -0.15) is 4.39 Å². The second kappa shape index (κ2) is 3.05. The molecule has 58 valence electrons. The van der Waals surface area contributed by atoms with E-state index < -0.39 is 11.9 Å². The van der Waals surface area contributed by atoms with Crippen LogP contribution in [-0.4, -0.2) is 23.0 Å². The van der Waals surface area contributed by atoms with Crippen molar-refractivity contribution in [3.05, 3.63) is 24.0 Å². The lowest BCUT2D eigenvalue weighted by atomic mass is 10.3. The van der Waals surface area contributed by atoms with Gasteiger partial charge in [0.25, 0.3) is 0 Å². The standard InChI is InChI=1S/C6H5FN2O2/c1-11-6(10)4-2-8-3-9-5(4)7/h2-3H,1H3. The molecule has 0 radical (unpaired) electrons. The van der Waals surface area contributed by atoms with Crippen molar-refractivity contribution in [2.24, 2.45) is 0 Å². The molecule has 0 N–H and O–H groups in total. The molecular weight excluding hydrogens is 151 g/mol. The third-order valence-corrected chi connectivity index (χ3v) is 1.07. The van der Waals surface area contributed by atoms with E-state index in [0.717, 1.165) is 19.6 Å². The van der Waals surface area contributed by atoms with Gasteiger partial charge in [0.15, 0.2) is 0 Å². The van der Waals surface area contributed by atoms with Gasteiger partial charge in [-0.15, -0.1) is 0 Å². The van der Waals surface area contributed by atoms with Crippen LogP contribution in [0.1, 0.15) is 10.4 Å². The van der Waals surface area contributed by atoms with Gasteiger partial charge in [0.2, 0.25) is 5.95 Å². The Hall–Kier alpha value is -1.52. The van der Waals surface area contributed by atoms with Gasteiger partial charge < -0.3 is 4.74 Å². The van der Waals surface area contributed by atoms with E-state index in [1.165, 1.54) is 0 Å². The summed E-state index contributed by atoms with van der Waals surface area (Å²) >= 11 is 0. The van der Waals surface area contributed by atoms with Gasteiger partial charge in [0, 0.05) is 6.20 Å². The van der Waals surface area contributed by atoms with Crippen molar-refractivity contribution in [1.82, 2.24) is 9.97 Å². The Bertz CT molecular complexity index is 277. The Labute approximate surface area is 62.0 Å². The Kier molecular flexibility index (Phi) is 2.10. The van der Waals surface area contributed by atoms with Gasteiger partial charge in [0.05, 0.1) is 7.11 Å². The fraction of sp³-hybridized carbons (Fsp3) is 0.167. The summed E-state index contributed by atoms with van der Waals surface area (Å²) in [5.41, 5.74) is -0.255. The zero-order chi connectivity index (χ0) is 8.27. The number of hydrogen-bond acceptors (Lipinski definition) is 4. The molecule has 0 aliphatic rings. The molecule has 4 nitrogen and oxygen atoms in total. The number of methoxy groups -OCH3 is 1. The molecular formula is C6H5FN2O2. The molecule has 1 heterocycles. The normalized spacial score (nSPS) is 9.27. The molecule has 0 aromatic carbocycles. The topological polar surface area (TPSA) is 52.1 Å². The molecule has 0 aliphatic heterocycles. The zero-order valence-electron chi connectivity index (χ0n) is 5.74. The van der Waals surface area contributed by atoms with Crippen molar-refractivity contribution in [3.8, 4) is 0 Å². The Morgan fingerprint density at radius 2 is 2.45 bits per heavy atom. The minimum atomic E-state index is -0.869. The predicted octanol–water partition coefficient (Wildman–Crippen LogP) is 0.402. The molecule has 0 atom stereocenters. The van der Waals surface area contributed by atoms with E-state index in [1.807, 2.05) is 0 Å². The molecule has 0 fully saturated rings. The van der Waals surface area contributed by atoms with E-state index in [9.17, 15) is 9.18 Å². The number of ether oxygens (including phenoxy) is 1. The van der Waals surface area contributed by atoms with Gasteiger partial charge in [-0.05, 0) is 0 Å². The summed E-state index contributed by atoms with van der Waals surface area (Å²) in [4.78, 5) is 17.3. The summed E-state index contributed by atoms with van der Waals surface area (Å²) < 4.78 is 16.8. The summed E-state index contributed by atoms with van der Waals surface area (Å²) in [7, 11) is 1.16. The van der Waals surface area contributed by atoms with Crippen LogP contribution in [0.3, 0.4) is 0 Å². The number of nitrogens with zero attached hydrogens (tertiary/aromatic N) is 2. The highest BCUT2D eigenvalue weighted by molar-refractivity contribution is 5.88. The maximum atomic E-state index is 12.6. The minimum Gasteiger partial charge on any atom is -0.465 e. The zero-order valence-corrected chi connectivity index (χ0v) is 5.74. The van der Waals surface area contributed by atoms with Crippen LogP contribution in [0.2, 0.25) is 0 Å². The van der Waals surface area contributed by atoms with Crippen molar-refractivity contribution in [3.63, 3.8) is 0 Å². The van der Waals surface area contributed by atoms with Crippen molar-refractivity contribution in [2.75, 3.05) is 7.11 Å². The Morgan fingerprint density at radius 3 is 3.00 bits per heavy atom. The van der Waals surface area contributed by atoms with Crippen LogP contribution < -0.4 is 0 Å². The van der Waals surface area contributed by atoms with E-state index in [-0.39, 0.29) is 5.56 Å². The van der Waals surface area contributed by atoms with Crippen molar-refractivity contribution < 1.29 is 13.9 Å². The lowest BCUT2D eigenvalue weighted by Crippen LogP contribution is -2.06. The smallest absolute Gasteiger partial charge is 0.344 e. The van der Waals surface area contributed by atoms with Crippen LogP contribution in [0, 0.1) is 5.95 Å². The lowest BCUT2D eigenvalue weighted by molar-refractivity contribution is 0.0593. The number of halogens is 1. The first kappa shape index (κ1) is 7.59. The van der Waals surface area contributed by atoms with Gasteiger partial charge in [-0.3, -0.25) is 0 Å². The minimum absolute atomic E-state index is 0.255. The summed E-state index contributed by atoms with van der Waals surface area (Å²) in [6.45, 7) is 0. The molecule has 0 unspecified atom stereocenters. The average Bonchev–Trinajstić information content (AvgIpc) is 2.04. The highest BCUT2D eigenvalue weighted by atomic mass is 19.1. The highest BCUT2D eigenvalue weighted by Crippen LogP contribution is 2.01. The first-order valence-corrected chi connectivity index (χ1v) is 2.79. The van der Waals surface area contributed by atoms with Gasteiger partial charge in [0.1, 0.15) is 11.9 Å². The molecule has 1 aromatic rings. The molecule has 0 spiro atoms. The number of aromatic nitrogens is 2. The van der Waals surface area contributed by atoms with Crippen molar-refractivity contribution >= 4 is 5.97 Å². The van der Waals surface area contributed by atoms with E-state index in [1.54, 1.807) is 0 Å². The number of hydrogen-bond donors (Lipinski definition) is 0. The maximum Gasteiger partial charge on any atom is 0.344 e. The molecule has 0 bridgehead atoms. The molecule has 5 heteroatoms. The van der Waals surface area contributed by atoms with Gasteiger partial charge in [-0.1, -0.05) is 0 Å². The van der Waals surface area contributed by atoms with E-state index in [0.29, 0.717) is 0 Å². The molecule has 0 saturated carbocycles. The van der Waals surface area contributed by atoms with E-state index in [2.05, 4.69) is 14.7 Å². The second-order valence-corrected chi connectivity index (χ2v) is 1.72. The van der Waals surface area contributed by atoms with E-state index in [4.69, 9.17) is 0 Å². The second-order valence-electron chi connectivity index (χ2n) is 1.72. The SMILES string of the molecule is COC(=O)c1cncnc1F. The Balaban J connectivity index is 3.03. The fourth-order valence-corrected chi connectivity index (χ4v) is 0.562. The summed E-state index contributed by atoms with van der Waals surface area (Å²) in [6.07, 6.45) is 2.08. The lowest BCUT2D eigenvalue weighted by Gasteiger charge is -1.96. The fourth-order valence-electron chi connectivity index (χ4n) is 0.562. The summed E-state index contributed by atoms with van der Waals surface area (Å²) in [5.74, 6) is -1.64. The van der Waals surface area contributed by atoms with Gasteiger partial charge in [-0.25, -0.2) is 14.8 Å². The van der Waals surface area contributed by atoms with Crippen LogP contribution >= 0.6 is 0 Å². The largest absolute Gasteiger partial charge is 0.465 e. The average molecular weight is 156 g/mol. The van der Waals surface area contributed by atoms with Crippen LogP contribution in [0.25, 0.3) is 0 Å². The molecule has 0 aliphatic carbocycles. The van der Waals surface area contributed by atoms with Crippen molar-refractivity contribution in [1.29, 1.82) is 0 Å². The quantitative estimate of drug-likeness (QED) is 0.436. The highest BCUT2D eigenvalue weighted by Gasteiger charge is 2.11. The number of carbonyl (C=O) groups is 1. The predicted molar refractivity (Wildman–Crippen MR) is 33.3 cm³/mol. The van der Waals surface area contributed by atoms with Crippen LogP contribution in [0.15, 0.2) is 12.5 Å². The molecule has 1 rings (SSSR count).